The number of phenols is 1. The lowest BCUT2D eigenvalue weighted by Crippen LogP contribution is -2.25. The van der Waals surface area contributed by atoms with Crippen LogP contribution < -0.4 is 0 Å². The third-order valence-electron chi connectivity index (χ3n) is 5.23. The molecule has 160 valence electrons. The number of aromatic nitrogens is 1. The average molecular weight is 459 g/mol. The number of Topliss-reactive ketones (excluding diaryl/α,β-unsaturated/α-hetero) is 1. The van der Waals surface area contributed by atoms with Crippen molar-refractivity contribution in [3.63, 3.8) is 0 Å². The van der Waals surface area contributed by atoms with Crippen molar-refractivity contribution in [3.05, 3.63) is 49.7 Å². The highest BCUT2D eigenvalue weighted by atomic mass is 35.5. The molecule has 0 aliphatic rings. The monoisotopic (exact) mass is 457 g/mol. The second-order valence-electron chi connectivity index (χ2n) is 10.3. The molecule has 2 rings (SSSR count). The van der Waals surface area contributed by atoms with Crippen molar-refractivity contribution in [1.29, 1.82) is 0 Å². The zero-order valence-electron chi connectivity index (χ0n) is 18.4. The first-order valence-electron chi connectivity index (χ1n) is 9.61. The van der Waals surface area contributed by atoms with Crippen molar-refractivity contribution in [2.24, 2.45) is 0 Å². The van der Waals surface area contributed by atoms with Crippen LogP contribution in [0.5, 0.6) is 5.75 Å². The number of halogens is 3. The summed E-state index contributed by atoms with van der Waals surface area (Å²) in [4.78, 5) is 15.7. The van der Waals surface area contributed by atoms with Crippen LogP contribution in [0.25, 0.3) is 0 Å². The fraction of sp³-hybridized carbons (Fsp3) is 0.522. The number of aromatic hydroxyl groups is 1. The van der Waals surface area contributed by atoms with Gasteiger partial charge in [-0.25, -0.2) is 0 Å². The number of ketones is 1. The molecule has 0 aliphatic heterocycles. The summed E-state index contributed by atoms with van der Waals surface area (Å²) in [6.45, 7) is 16.4. The number of rotatable bonds is 4. The van der Waals surface area contributed by atoms with Crippen molar-refractivity contribution in [2.45, 2.75) is 78.1 Å². The molecule has 3 nitrogen and oxygen atoms in total. The van der Waals surface area contributed by atoms with Crippen LogP contribution in [0.2, 0.25) is 15.2 Å². The quantitative estimate of drug-likeness (QED) is 0.459. The van der Waals surface area contributed by atoms with Gasteiger partial charge in [-0.1, -0.05) is 102 Å². The number of nitrogens with one attached hydrogen (secondary N) is 1. The van der Waals surface area contributed by atoms with Crippen molar-refractivity contribution in [2.75, 3.05) is 0 Å². The molecular weight excluding hydrogens is 429 g/mol. The van der Waals surface area contributed by atoms with E-state index in [0.29, 0.717) is 5.75 Å². The van der Waals surface area contributed by atoms with E-state index in [0.717, 1.165) is 16.7 Å². The van der Waals surface area contributed by atoms with Gasteiger partial charge in [0.25, 0.3) is 0 Å². The molecule has 0 saturated carbocycles. The van der Waals surface area contributed by atoms with Crippen LogP contribution in [0, 0.1) is 0 Å². The molecular formula is C23H30Cl3NO2. The fourth-order valence-electron chi connectivity index (χ4n) is 3.38. The maximum absolute atomic E-state index is 13.0. The van der Waals surface area contributed by atoms with E-state index in [1.807, 2.05) is 26.0 Å². The SMILES string of the molecule is CC(C)(C)c1cc(C(C)(C)CC(=O)c2[nH]c(Cl)c(Cl)c2Cl)cc(C(C)(C)C)c1O. The molecule has 1 aromatic carbocycles. The van der Waals surface area contributed by atoms with E-state index < -0.39 is 5.41 Å². The van der Waals surface area contributed by atoms with Crippen LogP contribution in [-0.4, -0.2) is 15.9 Å². The summed E-state index contributed by atoms with van der Waals surface area (Å²) in [7, 11) is 0. The molecule has 0 saturated heterocycles. The minimum absolute atomic E-state index is 0.147. The van der Waals surface area contributed by atoms with E-state index in [2.05, 4.69) is 46.5 Å². The summed E-state index contributed by atoms with van der Waals surface area (Å²) >= 11 is 18.2. The van der Waals surface area contributed by atoms with Gasteiger partial charge in [-0.3, -0.25) is 4.79 Å². The number of hydrogen-bond acceptors (Lipinski definition) is 2. The van der Waals surface area contributed by atoms with Gasteiger partial charge in [0.1, 0.15) is 16.6 Å². The predicted molar refractivity (Wildman–Crippen MR) is 123 cm³/mol. The zero-order valence-corrected chi connectivity index (χ0v) is 20.6. The number of carbonyl (C=O) groups excluding carboxylic acids is 1. The molecule has 1 heterocycles. The van der Waals surface area contributed by atoms with Gasteiger partial charge in [0, 0.05) is 6.42 Å². The van der Waals surface area contributed by atoms with Gasteiger partial charge in [0.15, 0.2) is 5.78 Å². The van der Waals surface area contributed by atoms with E-state index >= 15 is 0 Å². The summed E-state index contributed by atoms with van der Waals surface area (Å²) in [5.41, 5.74) is 1.94. The van der Waals surface area contributed by atoms with Gasteiger partial charge in [0.05, 0.1) is 10.0 Å². The third-order valence-corrected chi connectivity index (χ3v) is 6.46. The van der Waals surface area contributed by atoms with Crippen LogP contribution in [-0.2, 0) is 16.2 Å². The van der Waals surface area contributed by atoms with Crippen molar-refractivity contribution < 1.29 is 9.90 Å². The Bertz CT molecular complexity index is 909. The molecule has 6 heteroatoms. The Labute approximate surface area is 188 Å². The molecule has 0 bridgehead atoms. The number of benzene rings is 1. The highest BCUT2D eigenvalue weighted by Gasteiger charge is 2.33. The molecule has 0 atom stereocenters. The normalized spacial score (nSPS) is 13.1. The maximum Gasteiger partial charge on any atom is 0.181 e. The third kappa shape index (κ3) is 4.95. The van der Waals surface area contributed by atoms with E-state index in [-0.39, 0.29) is 43.9 Å². The van der Waals surface area contributed by atoms with Gasteiger partial charge in [-0.2, -0.15) is 0 Å². The van der Waals surface area contributed by atoms with Gasteiger partial charge in [-0.05, 0) is 32.9 Å². The summed E-state index contributed by atoms with van der Waals surface area (Å²) in [5, 5.41) is 11.4. The topological polar surface area (TPSA) is 53.1 Å². The minimum atomic E-state index is -0.502. The first-order valence-corrected chi connectivity index (χ1v) is 10.7. The van der Waals surface area contributed by atoms with Crippen LogP contribution >= 0.6 is 34.8 Å². The maximum atomic E-state index is 13.0. The molecule has 0 unspecified atom stereocenters. The Morgan fingerprint density at radius 2 is 1.34 bits per heavy atom. The Morgan fingerprint density at radius 3 is 1.69 bits per heavy atom. The van der Waals surface area contributed by atoms with Crippen LogP contribution in [0.15, 0.2) is 12.1 Å². The highest BCUT2D eigenvalue weighted by molar-refractivity contribution is 6.49. The molecule has 0 fully saturated rings. The molecule has 2 N–H and O–H groups in total. The van der Waals surface area contributed by atoms with Gasteiger partial charge in [-0.15, -0.1) is 0 Å². The van der Waals surface area contributed by atoms with Gasteiger partial charge >= 0.3 is 0 Å². The Kier molecular flexibility index (Phi) is 6.51. The zero-order chi connectivity index (χ0) is 22.5. The van der Waals surface area contributed by atoms with Crippen molar-refractivity contribution in [3.8, 4) is 5.75 Å². The van der Waals surface area contributed by atoms with Crippen LogP contribution in [0.3, 0.4) is 0 Å². The second kappa shape index (κ2) is 7.83. The lowest BCUT2D eigenvalue weighted by atomic mass is 9.72. The van der Waals surface area contributed by atoms with E-state index in [1.165, 1.54) is 0 Å². The number of aromatic amines is 1. The first-order chi connectivity index (χ1) is 13.0. The molecule has 2 aromatic rings. The highest BCUT2D eigenvalue weighted by Crippen LogP contribution is 2.43. The molecule has 0 radical (unpaired) electrons. The van der Waals surface area contributed by atoms with Crippen molar-refractivity contribution >= 4 is 40.6 Å². The first kappa shape index (κ1) is 24.1. The lowest BCUT2D eigenvalue weighted by Gasteiger charge is -2.32. The Balaban J connectivity index is 2.56. The summed E-state index contributed by atoms with van der Waals surface area (Å²) < 4.78 is 0. The largest absolute Gasteiger partial charge is 0.507 e. The average Bonchev–Trinajstić information content (AvgIpc) is 2.79. The van der Waals surface area contributed by atoms with Gasteiger partial charge in [0.2, 0.25) is 0 Å². The number of phenolic OH excluding ortho intramolecular Hbond substituents is 1. The summed E-state index contributed by atoms with van der Waals surface area (Å²) in [5.74, 6) is 0.151. The Morgan fingerprint density at radius 1 is 0.897 bits per heavy atom. The molecule has 29 heavy (non-hydrogen) atoms. The van der Waals surface area contributed by atoms with Crippen LogP contribution in [0.1, 0.15) is 89.0 Å². The predicted octanol–water partition coefficient (Wildman–Crippen LogP) is 7.83. The minimum Gasteiger partial charge on any atom is -0.507 e. The van der Waals surface area contributed by atoms with E-state index in [9.17, 15) is 9.90 Å². The fourth-order valence-corrected chi connectivity index (χ4v) is 4.00. The molecule has 0 amide bonds. The molecule has 0 aliphatic carbocycles. The number of H-pyrrole nitrogens is 1. The lowest BCUT2D eigenvalue weighted by molar-refractivity contribution is 0.0954. The smallest absolute Gasteiger partial charge is 0.181 e. The van der Waals surface area contributed by atoms with E-state index in [1.54, 1.807) is 0 Å². The second-order valence-corrected chi connectivity index (χ2v) is 11.5. The standard InChI is InChI=1S/C23H30Cl3NO2/c1-21(2,3)13-9-12(10-14(19(13)29)22(4,5)6)23(7,8)11-15(28)18-16(24)17(25)20(26)27-18/h9-10,27,29H,11H2,1-8H3. The van der Waals surface area contributed by atoms with Crippen molar-refractivity contribution in [1.82, 2.24) is 4.98 Å². The molecule has 1 aromatic heterocycles. The molecule has 0 spiro atoms. The Hall–Kier alpha value is -1.16. The number of hydrogen-bond donors (Lipinski definition) is 2. The van der Waals surface area contributed by atoms with E-state index in [4.69, 9.17) is 34.8 Å². The number of carbonyl (C=O) groups is 1. The summed E-state index contributed by atoms with van der Waals surface area (Å²) in [6, 6.07) is 4.02. The summed E-state index contributed by atoms with van der Waals surface area (Å²) in [6.07, 6.45) is 0.206. The van der Waals surface area contributed by atoms with Crippen LogP contribution in [0.4, 0.5) is 0 Å². The van der Waals surface area contributed by atoms with Gasteiger partial charge < -0.3 is 10.1 Å².